The average molecular weight is 516 g/mol. The molecule has 1 unspecified atom stereocenters. The molecule has 3 heterocycles. The highest BCUT2D eigenvalue weighted by Gasteiger charge is 2.57. The van der Waals surface area contributed by atoms with Crippen molar-refractivity contribution in [3.63, 3.8) is 0 Å². The number of para-hydroxylation sites is 1. The highest BCUT2D eigenvalue weighted by molar-refractivity contribution is 6.11. The Hall–Kier alpha value is -4.73. The lowest BCUT2D eigenvalue weighted by atomic mass is 9.77. The number of hydrogen-bond donors (Lipinski definition) is 2. The van der Waals surface area contributed by atoms with E-state index in [0.29, 0.717) is 28.5 Å². The topological polar surface area (TPSA) is 115 Å². The summed E-state index contributed by atoms with van der Waals surface area (Å²) in [6.45, 7) is 2.82. The van der Waals surface area contributed by atoms with Crippen molar-refractivity contribution in [2.24, 2.45) is 0 Å². The number of amides is 3. The van der Waals surface area contributed by atoms with Gasteiger partial charge in [0.2, 0.25) is 12.7 Å². The Bertz CT molecular complexity index is 1440. The number of nitrogens with zero attached hydrogens (tertiary/aromatic N) is 1. The van der Waals surface area contributed by atoms with E-state index in [4.69, 9.17) is 18.9 Å². The number of anilines is 2. The highest BCUT2D eigenvalue weighted by Crippen LogP contribution is 2.54. The smallest absolute Gasteiger partial charge is 0.338 e. The zero-order valence-corrected chi connectivity index (χ0v) is 20.6. The summed E-state index contributed by atoms with van der Waals surface area (Å²) in [7, 11) is 0. The Morgan fingerprint density at radius 2 is 1.74 bits per heavy atom. The van der Waals surface area contributed by atoms with Gasteiger partial charge in [-0.15, -0.1) is 0 Å². The molecule has 3 aliphatic rings. The molecular weight excluding hydrogens is 490 g/mol. The Morgan fingerprint density at radius 1 is 0.974 bits per heavy atom. The van der Waals surface area contributed by atoms with E-state index in [2.05, 4.69) is 10.6 Å². The fraction of sp³-hybridized carbons (Fsp3) is 0.250. The minimum atomic E-state index is -0.990. The van der Waals surface area contributed by atoms with E-state index in [1.165, 1.54) is 0 Å². The fourth-order valence-electron chi connectivity index (χ4n) is 5.15. The van der Waals surface area contributed by atoms with Gasteiger partial charge in [0.05, 0.1) is 12.2 Å². The van der Waals surface area contributed by atoms with Gasteiger partial charge in [-0.1, -0.05) is 18.2 Å². The summed E-state index contributed by atoms with van der Waals surface area (Å²) in [5, 5.41) is 5.53. The van der Waals surface area contributed by atoms with Crippen LogP contribution >= 0.6 is 0 Å². The van der Waals surface area contributed by atoms with E-state index in [-0.39, 0.29) is 39.0 Å². The third-order valence-electron chi connectivity index (χ3n) is 6.92. The van der Waals surface area contributed by atoms with Crippen LogP contribution in [0.2, 0.25) is 0 Å². The minimum absolute atomic E-state index is 0.118. The molecule has 3 aromatic rings. The van der Waals surface area contributed by atoms with Gasteiger partial charge in [0, 0.05) is 36.1 Å². The SMILES string of the molecule is CCOC(=O)c1ccc(NC(=O)NCCN2C(=O)C3(COc4cc5c(cc43)OCO5)c3ccccc32)cc1. The van der Waals surface area contributed by atoms with E-state index in [1.807, 2.05) is 30.3 Å². The van der Waals surface area contributed by atoms with Crippen LogP contribution in [0.5, 0.6) is 17.2 Å². The molecule has 3 amide bonds. The van der Waals surface area contributed by atoms with Crippen LogP contribution in [-0.2, 0) is 14.9 Å². The quantitative estimate of drug-likeness (QED) is 0.483. The predicted octanol–water partition coefficient (Wildman–Crippen LogP) is 3.44. The van der Waals surface area contributed by atoms with Gasteiger partial charge >= 0.3 is 12.0 Å². The summed E-state index contributed by atoms with van der Waals surface area (Å²) in [5.41, 5.74) is 2.32. The zero-order chi connectivity index (χ0) is 26.3. The van der Waals surface area contributed by atoms with Gasteiger partial charge in [-0.25, -0.2) is 9.59 Å². The molecule has 0 aromatic heterocycles. The standard InChI is InChI=1S/C28H25N3O7/c1-2-35-25(32)17-7-9-18(10-8-17)30-27(34)29-11-12-31-21-6-4-3-5-19(21)28(26(31)33)15-36-22-14-24-23(13-20(22)28)37-16-38-24/h3-10,13-14H,2,11-12,15-16H2,1H3,(H2,29,30,34). The Morgan fingerprint density at radius 3 is 2.53 bits per heavy atom. The predicted molar refractivity (Wildman–Crippen MR) is 137 cm³/mol. The van der Waals surface area contributed by atoms with Crippen molar-refractivity contribution >= 4 is 29.3 Å². The lowest BCUT2D eigenvalue weighted by molar-refractivity contribution is -0.122. The summed E-state index contributed by atoms with van der Waals surface area (Å²) < 4.78 is 22.0. The van der Waals surface area contributed by atoms with Gasteiger partial charge in [0.1, 0.15) is 17.8 Å². The molecule has 1 atom stereocenters. The van der Waals surface area contributed by atoms with Crippen molar-refractivity contribution in [3.8, 4) is 17.2 Å². The van der Waals surface area contributed by atoms with Crippen molar-refractivity contribution in [2.75, 3.05) is 43.3 Å². The molecule has 38 heavy (non-hydrogen) atoms. The fourth-order valence-corrected chi connectivity index (χ4v) is 5.15. The van der Waals surface area contributed by atoms with Crippen molar-refractivity contribution in [1.82, 2.24) is 5.32 Å². The second-order valence-corrected chi connectivity index (χ2v) is 9.05. The molecule has 2 N–H and O–H groups in total. The molecule has 3 aliphatic heterocycles. The largest absolute Gasteiger partial charge is 0.491 e. The first-order valence-corrected chi connectivity index (χ1v) is 12.3. The molecule has 3 aromatic carbocycles. The maximum absolute atomic E-state index is 14.0. The molecule has 0 radical (unpaired) electrons. The molecule has 0 fully saturated rings. The van der Waals surface area contributed by atoms with Crippen LogP contribution in [-0.4, -0.2) is 51.0 Å². The van der Waals surface area contributed by atoms with E-state index in [1.54, 1.807) is 42.2 Å². The summed E-state index contributed by atoms with van der Waals surface area (Å²) in [6.07, 6.45) is 0. The minimum Gasteiger partial charge on any atom is -0.491 e. The highest BCUT2D eigenvalue weighted by atomic mass is 16.7. The number of fused-ring (bicyclic) bond motifs is 5. The number of benzene rings is 3. The molecule has 1 spiro atoms. The van der Waals surface area contributed by atoms with Gasteiger partial charge in [-0.05, 0) is 48.9 Å². The van der Waals surface area contributed by atoms with Crippen LogP contribution in [0.3, 0.4) is 0 Å². The number of urea groups is 1. The second-order valence-electron chi connectivity index (χ2n) is 9.05. The number of carbonyl (C=O) groups is 3. The van der Waals surface area contributed by atoms with Crippen LogP contribution < -0.4 is 29.7 Å². The van der Waals surface area contributed by atoms with Gasteiger partial charge in [-0.2, -0.15) is 0 Å². The monoisotopic (exact) mass is 515 g/mol. The lowest BCUT2D eigenvalue weighted by Crippen LogP contribution is -2.45. The molecule has 6 rings (SSSR count). The zero-order valence-electron chi connectivity index (χ0n) is 20.6. The number of esters is 1. The number of carbonyl (C=O) groups excluding carboxylic acids is 3. The summed E-state index contributed by atoms with van der Waals surface area (Å²) in [4.78, 5) is 39.9. The van der Waals surface area contributed by atoms with Crippen molar-refractivity contribution in [2.45, 2.75) is 12.3 Å². The Labute approximate surface area is 218 Å². The molecule has 0 saturated heterocycles. The van der Waals surface area contributed by atoms with Gasteiger partial charge < -0.3 is 34.5 Å². The maximum atomic E-state index is 14.0. The van der Waals surface area contributed by atoms with Crippen LogP contribution in [0, 0.1) is 0 Å². The summed E-state index contributed by atoms with van der Waals surface area (Å²) in [5.74, 6) is 1.25. The maximum Gasteiger partial charge on any atom is 0.338 e. The van der Waals surface area contributed by atoms with Crippen molar-refractivity contribution in [1.29, 1.82) is 0 Å². The number of nitrogens with one attached hydrogen (secondary N) is 2. The van der Waals surface area contributed by atoms with Crippen molar-refractivity contribution < 1.29 is 33.3 Å². The Kier molecular flexibility index (Phi) is 5.79. The van der Waals surface area contributed by atoms with E-state index in [9.17, 15) is 14.4 Å². The Balaban J connectivity index is 1.15. The van der Waals surface area contributed by atoms with Gasteiger partial charge in [0.15, 0.2) is 11.5 Å². The molecule has 0 saturated carbocycles. The van der Waals surface area contributed by atoms with E-state index in [0.717, 1.165) is 16.8 Å². The summed E-state index contributed by atoms with van der Waals surface area (Å²) >= 11 is 0. The second kappa shape index (κ2) is 9.29. The van der Waals surface area contributed by atoms with E-state index < -0.39 is 17.4 Å². The number of hydrogen-bond acceptors (Lipinski definition) is 7. The number of rotatable bonds is 6. The molecule has 0 bridgehead atoms. The first-order valence-electron chi connectivity index (χ1n) is 12.3. The van der Waals surface area contributed by atoms with Gasteiger partial charge in [0.25, 0.3) is 0 Å². The first-order chi connectivity index (χ1) is 18.5. The summed E-state index contributed by atoms with van der Waals surface area (Å²) in [6, 6.07) is 17.2. The average Bonchev–Trinajstić information content (AvgIpc) is 3.60. The third-order valence-corrected chi connectivity index (χ3v) is 6.92. The molecule has 0 aliphatic carbocycles. The first kappa shape index (κ1) is 23.7. The van der Waals surface area contributed by atoms with Crippen molar-refractivity contribution in [3.05, 3.63) is 77.4 Å². The van der Waals surface area contributed by atoms with Crippen LogP contribution in [0.15, 0.2) is 60.7 Å². The van der Waals surface area contributed by atoms with Crippen LogP contribution in [0.1, 0.15) is 28.4 Å². The lowest BCUT2D eigenvalue weighted by Gasteiger charge is -2.23. The normalized spacial score (nSPS) is 18.1. The van der Waals surface area contributed by atoms with Crippen LogP contribution in [0.4, 0.5) is 16.2 Å². The molecule has 10 nitrogen and oxygen atoms in total. The molecular formula is C28H25N3O7. The van der Waals surface area contributed by atoms with E-state index >= 15 is 0 Å². The molecule has 194 valence electrons. The van der Waals surface area contributed by atoms with Gasteiger partial charge in [-0.3, -0.25) is 4.79 Å². The molecule has 10 heteroatoms. The van der Waals surface area contributed by atoms with Crippen LogP contribution in [0.25, 0.3) is 0 Å². The third kappa shape index (κ3) is 3.76. The number of ether oxygens (including phenoxy) is 4.